The zero-order valence-corrected chi connectivity index (χ0v) is 12.0. The van der Waals surface area contributed by atoms with Crippen molar-refractivity contribution < 1.29 is 9.53 Å². The van der Waals surface area contributed by atoms with Gasteiger partial charge in [-0.05, 0) is 12.3 Å². The van der Waals surface area contributed by atoms with Gasteiger partial charge in [0.25, 0.3) is 5.91 Å². The summed E-state index contributed by atoms with van der Waals surface area (Å²) in [5.41, 5.74) is 5.78. The van der Waals surface area contributed by atoms with Gasteiger partial charge in [-0.1, -0.05) is 24.7 Å². The summed E-state index contributed by atoms with van der Waals surface area (Å²) in [6.07, 6.45) is 2.17. The van der Waals surface area contributed by atoms with E-state index in [1.807, 2.05) is 0 Å². The third kappa shape index (κ3) is 3.57. The van der Waals surface area contributed by atoms with E-state index in [4.69, 9.17) is 10.5 Å². The molecular formula is C12H20N4O2S. The van der Waals surface area contributed by atoms with Crippen LogP contribution in [0.15, 0.2) is 0 Å². The quantitative estimate of drug-likeness (QED) is 0.657. The Bertz CT molecular complexity index is 449. The highest BCUT2D eigenvalue weighted by molar-refractivity contribution is 7.18. The Kier molecular flexibility index (Phi) is 4.60. The van der Waals surface area contributed by atoms with Gasteiger partial charge in [0, 0.05) is 19.7 Å². The first kappa shape index (κ1) is 14.1. The van der Waals surface area contributed by atoms with Crippen LogP contribution in [0.3, 0.4) is 0 Å². The maximum atomic E-state index is 12.0. The molecule has 1 amide bonds. The van der Waals surface area contributed by atoms with E-state index in [9.17, 15) is 4.79 Å². The molecule has 1 aliphatic rings. The van der Waals surface area contributed by atoms with Crippen molar-refractivity contribution in [1.29, 1.82) is 0 Å². The zero-order valence-electron chi connectivity index (χ0n) is 11.2. The fraction of sp³-hybridized carbons (Fsp3) is 0.667. The average molecular weight is 284 g/mol. The SMILES string of the molecule is CCC1CC1NC(=O)c1sc(NCCOC)nc1N. The Balaban J connectivity index is 1.90. The van der Waals surface area contributed by atoms with E-state index >= 15 is 0 Å². The van der Waals surface area contributed by atoms with Gasteiger partial charge in [-0.15, -0.1) is 0 Å². The number of aromatic nitrogens is 1. The summed E-state index contributed by atoms with van der Waals surface area (Å²) in [7, 11) is 1.64. The van der Waals surface area contributed by atoms with Crippen LogP contribution in [0, 0.1) is 5.92 Å². The molecule has 2 rings (SSSR count). The molecule has 0 aliphatic heterocycles. The van der Waals surface area contributed by atoms with Crippen LogP contribution in [0.25, 0.3) is 0 Å². The van der Waals surface area contributed by atoms with Crippen molar-refractivity contribution in [2.45, 2.75) is 25.8 Å². The van der Waals surface area contributed by atoms with E-state index in [0.717, 1.165) is 12.8 Å². The molecule has 1 heterocycles. The summed E-state index contributed by atoms with van der Waals surface area (Å²) in [5, 5.41) is 6.72. The van der Waals surface area contributed by atoms with Crippen LogP contribution in [0.1, 0.15) is 29.4 Å². The molecule has 0 aromatic carbocycles. The van der Waals surface area contributed by atoms with Crippen molar-refractivity contribution in [3.63, 3.8) is 0 Å². The first-order valence-corrected chi connectivity index (χ1v) is 7.27. The Morgan fingerprint density at radius 2 is 2.42 bits per heavy atom. The predicted molar refractivity (Wildman–Crippen MR) is 76.5 cm³/mol. The molecule has 1 aromatic rings. The molecule has 0 bridgehead atoms. The second-order valence-electron chi connectivity index (χ2n) is 4.64. The molecule has 2 atom stereocenters. The number of rotatable bonds is 7. The number of nitrogens with zero attached hydrogens (tertiary/aromatic N) is 1. The summed E-state index contributed by atoms with van der Waals surface area (Å²) < 4.78 is 4.94. The van der Waals surface area contributed by atoms with Crippen LogP contribution in [0.5, 0.6) is 0 Å². The molecule has 106 valence electrons. The molecule has 6 nitrogen and oxygen atoms in total. The number of amides is 1. The Morgan fingerprint density at radius 1 is 1.63 bits per heavy atom. The molecule has 1 aromatic heterocycles. The smallest absolute Gasteiger partial charge is 0.265 e. The Labute approximate surface area is 116 Å². The van der Waals surface area contributed by atoms with Gasteiger partial charge in [-0.2, -0.15) is 0 Å². The number of carbonyl (C=O) groups excluding carboxylic acids is 1. The first-order valence-electron chi connectivity index (χ1n) is 6.45. The molecule has 19 heavy (non-hydrogen) atoms. The van der Waals surface area contributed by atoms with Gasteiger partial charge in [0.15, 0.2) is 5.13 Å². The van der Waals surface area contributed by atoms with E-state index < -0.39 is 0 Å². The van der Waals surface area contributed by atoms with Gasteiger partial charge in [-0.3, -0.25) is 4.79 Å². The molecule has 2 unspecified atom stereocenters. The van der Waals surface area contributed by atoms with Crippen molar-refractivity contribution in [2.75, 3.05) is 31.3 Å². The van der Waals surface area contributed by atoms with Crippen LogP contribution in [-0.2, 0) is 4.74 Å². The van der Waals surface area contributed by atoms with Crippen molar-refractivity contribution in [3.8, 4) is 0 Å². The minimum absolute atomic E-state index is 0.115. The highest BCUT2D eigenvalue weighted by Gasteiger charge is 2.37. The van der Waals surface area contributed by atoms with Gasteiger partial charge in [0.2, 0.25) is 0 Å². The summed E-state index contributed by atoms with van der Waals surface area (Å²) >= 11 is 1.28. The fourth-order valence-corrected chi connectivity index (χ4v) is 2.75. The lowest BCUT2D eigenvalue weighted by molar-refractivity contribution is 0.0953. The van der Waals surface area contributed by atoms with Crippen molar-refractivity contribution in [2.24, 2.45) is 5.92 Å². The fourth-order valence-electron chi connectivity index (χ4n) is 1.94. The molecule has 0 saturated heterocycles. The number of anilines is 2. The van der Waals surface area contributed by atoms with Crippen molar-refractivity contribution in [3.05, 3.63) is 4.88 Å². The van der Waals surface area contributed by atoms with Crippen molar-refractivity contribution >= 4 is 28.2 Å². The normalized spacial score (nSPS) is 21.2. The van der Waals surface area contributed by atoms with Crippen LogP contribution >= 0.6 is 11.3 Å². The van der Waals surface area contributed by atoms with Gasteiger partial charge in [-0.25, -0.2) is 4.98 Å². The summed E-state index contributed by atoms with van der Waals surface area (Å²) in [6.45, 7) is 3.36. The zero-order chi connectivity index (χ0) is 13.8. The second-order valence-corrected chi connectivity index (χ2v) is 5.64. The minimum atomic E-state index is -0.115. The van der Waals surface area contributed by atoms with E-state index in [2.05, 4.69) is 22.5 Å². The number of nitrogen functional groups attached to an aromatic ring is 1. The van der Waals surface area contributed by atoms with E-state index in [-0.39, 0.29) is 11.7 Å². The lowest BCUT2D eigenvalue weighted by Crippen LogP contribution is -2.26. The average Bonchev–Trinajstić information content (AvgIpc) is 3.03. The molecule has 1 fully saturated rings. The maximum absolute atomic E-state index is 12.0. The number of hydrogen-bond donors (Lipinski definition) is 3. The van der Waals surface area contributed by atoms with Crippen LogP contribution < -0.4 is 16.4 Å². The number of carbonyl (C=O) groups is 1. The van der Waals surface area contributed by atoms with Crippen LogP contribution in [0.2, 0.25) is 0 Å². The van der Waals surface area contributed by atoms with E-state index in [0.29, 0.717) is 35.1 Å². The third-order valence-corrected chi connectivity index (χ3v) is 4.23. The van der Waals surface area contributed by atoms with Crippen LogP contribution in [0.4, 0.5) is 10.9 Å². The standard InChI is InChI=1S/C12H20N4O2S/c1-3-7-6-8(7)15-11(17)9-10(13)16-12(19-9)14-4-5-18-2/h7-8H,3-6,13H2,1-2H3,(H,14,16)(H,15,17). The molecule has 4 N–H and O–H groups in total. The molecule has 1 saturated carbocycles. The molecular weight excluding hydrogens is 264 g/mol. The van der Waals surface area contributed by atoms with Crippen molar-refractivity contribution in [1.82, 2.24) is 10.3 Å². The number of methoxy groups -OCH3 is 1. The largest absolute Gasteiger partial charge is 0.383 e. The van der Waals surface area contributed by atoms with Gasteiger partial charge in [0.1, 0.15) is 10.7 Å². The Hall–Kier alpha value is -1.34. The van der Waals surface area contributed by atoms with Gasteiger partial charge >= 0.3 is 0 Å². The van der Waals surface area contributed by atoms with Crippen LogP contribution in [-0.4, -0.2) is 37.2 Å². The Morgan fingerprint density at radius 3 is 3.05 bits per heavy atom. The topological polar surface area (TPSA) is 89.3 Å². The number of nitrogens with one attached hydrogen (secondary N) is 2. The summed E-state index contributed by atoms with van der Waals surface area (Å²) in [6, 6.07) is 0.309. The molecule has 0 radical (unpaired) electrons. The highest BCUT2D eigenvalue weighted by atomic mass is 32.1. The number of nitrogens with two attached hydrogens (primary N) is 1. The maximum Gasteiger partial charge on any atom is 0.265 e. The highest BCUT2D eigenvalue weighted by Crippen LogP contribution is 2.34. The molecule has 7 heteroatoms. The molecule has 1 aliphatic carbocycles. The van der Waals surface area contributed by atoms with Gasteiger partial charge < -0.3 is 21.1 Å². The number of ether oxygens (including phenoxy) is 1. The molecule has 0 spiro atoms. The minimum Gasteiger partial charge on any atom is -0.383 e. The third-order valence-electron chi connectivity index (χ3n) is 3.21. The number of thiazole rings is 1. The summed E-state index contributed by atoms with van der Waals surface area (Å²) in [5.74, 6) is 0.796. The lowest BCUT2D eigenvalue weighted by atomic mass is 10.3. The van der Waals surface area contributed by atoms with Gasteiger partial charge in [0.05, 0.1) is 6.61 Å². The number of hydrogen-bond acceptors (Lipinski definition) is 6. The first-order chi connectivity index (χ1) is 9.15. The predicted octanol–water partition coefficient (Wildman–Crippen LogP) is 1.31. The lowest BCUT2D eigenvalue weighted by Gasteiger charge is -2.02. The monoisotopic (exact) mass is 284 g/mol. The van der Waals surface area contributed by atoms with E-state index in [1.54, 1.807) is 7.11 Å². The summed E-state index contributed by atoms with van der Waals surface area (Å²) in [4.78, 5) is 16.7. The second kappa shape index (κ2) is 6.21. The van der Waals surface area contributed by atoms with E-state index in [1.165, 1.54) is 11.3 Å².